The smallest absolute Gasteiger partial charge is 0.290 e. The third-order valence-corrected chi connectivity index (χ3v) is 8.16. The molecule has 37 heavy (non-hydrogen) atoms. The summed E-state index contributed by atoms with van der Waals surface area (Å²) in [6.45, 7) is 2.23. The molecule has 1 atom stereocenters. The first-order valence-electron chi connectivity index (χ1n) is 13.7. The summed E-state index contributed by atoms with van der Waals surface area (Å²) in [5.74, 6) is -0.338. The fourth-order valence-corrected chi connectivity index (χ4v) is 5.95. The van der Waals surface area contributed by atoms with E-state index in [4.69, 9.17) is 4.18 Å². The topological polar surface area (TPSA) is 60.4 Å². The standard InChI is InChI=1S/C32H40O4S/c1-2-3-4-5-6-7-8-9-10-20-27-32(29-23-16-12-17-24-29,31(33)28-21-14-11-15-22-28)36-37(34,35)30-25-18-13-19-26-30/h11-19,21-26H,2-10,20,27H2,1H3. The van der Waals surface area contributed by atoms with Gasteiger partial charge in [0.25, 0.3) is 10.1 Å². The van der Waals surface area contributed by atoms with Crippen LogP contribution in [0.2, 0.25) is 0 Å². The zero-order chi connectivity index (χ0) is 26.4. The maximum atomic E-state index is 14.1. The number of hydrogen-bond acceptors (Lipinski definition) is 4. The molecule has 0 fully saturated rings. The molecule has 0 N–H and O–H groups in total. The van der Waals surface area contributed by atoms with Gasteiger partial charge in [-0.3, -0.25) is 4.79 Å². The summed E-state index contributed by atoms with van der Waals surface area (Å²) in [6, 6.07) is 26.0. The van der Waals surface area contributed by atoms with Crippen LogP contribution in [0.25, 0.3) is 0 Å². The van der Waals surface area contributed by atoms with Crippen molar-refractivity contribution in [3.05, 3.63) is 102 Å². The molecule has 0 amide bonds. The Morgan fingerprint density at radius 3 is 1.65 bits per heavy atom. The molecular weight excluding hydrogens is 480 g/mol. The number of hydrogen-bond donors (Lipinski definition) is 0. The lowest BCUT2D eigenvalue weighted by atomic mass is 9.81. The molecule has 0 aliphatic carbocycles. The molecule has 0 aromatic heterocycles. The van der Waals surface area contributed by atoms with E-state index in [0.717, 1.165) is 19.3 Å². The monoisotopic (exact) mass is 520 g/mol. The van der Waals surface area contributed by atoms with Crippen molar-refractivity contribution in [2.45, 2.75) is 88.0 Å². The summed E-state index contributed by atoms with van der Waals surface area (Å²) in [6.07, 6.45) is 11.8. The molecule has 0 saturated heterocycles. The molecule has 0 heterocycles. The summed E-state index contributed by atoms with van der Waals surface area (Å²) < 4.78 is 32.9. The largest absolute Gasteiger partial charge is 0.298 e. The van der Waals surface area contributed by atoms with Gasteiger partial charge in [-0.2, -0.15) is 8.42 Å². The van der Waals surface area contributed by atoms with E-state index in [1.165, 1.54) is 50.7 Å². The predicted octanol–water partition coefficient (Wildman–Crippen LogP) is 8.48. The summed E-state index contributed by atoms with van der Waals surface area (Å²) in [4.78, 5) is 14.1. The molecule has 4 nitrogen and oxygen atoms in total. The molecule has 3 aromatic rings. The average Bonchev–Trinajstić information content (AvgIpc) is 2.94. The Balaban J connectivity index is 1.83. The van der Waals surface area contributed by atoms with Crippen molar-refractivity contribution in [1.29, 1.82) is 0 Å². The van der Waals surface area contributed by atoms with Crippen LogP contribution >= 0.6 is 0 Å². The van der Waals surface area contributed by atoms with Gasteiger partial charge in [0, 0.05) is 5.56 Å². The quantitative estimate of drug-likeness (QED) is 0.102. The number of unbranched alkanes of at least 4 members (excludes halogenated alkanes) is 9. The highest BCUT2D eigenvalue weighted by Crippen LogP contribution is 2.38. The van der Waals surface area contributed by atoms with Crippen LogP contribution in [0.4, 0.5) is 0 Å². The molecule has 1 unspecified atom stereocenters. The minimum Gasteiger partial charge on any atom is -0.290 e. The van der Waals surface area contributed by atoms with Crippen molar-refractivity contribution in [2.75, 3.05) is 0 Å². The Hall–Kier alpha value is -2.76. The van der Waals surface area contributed by atoms with Crippen LogP contribution in [-0.4, -0.2) is 14.2 Å². The van der Waals surface area contributed by atoms with E-state index in [2.05, 4.69) is 6.92 Å². The molecule has 3 rings (SSSR count). The van der Waals surface area contributed by atoms with Gasteiger partial charge < -0.3 is 0 Å². The van der Waals surface area contributed by atoms with Gasteiger partial charge in [0.2, 0.25) is 5.78 Å². The molecule has 0 radical (unpaired) electrons. The lowest BCUT2D eigenvalue weighted by Gasteiger charge is -2.32. The molecule has 0 saturated carbocycles. The maximum absolute atomic E-state index is 14.1. The van der Waals surface area contributed by atoms with Crippen LogP contribution in [0.5, 0.6) is 0 Å². The highest BCUT2D eigenvalue weighted by molar-refractivity contribution is 7.86. The molecular formula is C32H40O4S. The highest BCUT2D eigenvalue weighted by Gasteiger charge is 2.45. The van der Waals surface area contributed by atoms with Crippen LogP contribution in [0.3, 0.4) is 0 Å². The van der Waals surface area contributed by atoms with Crippen LogP contribution in [0, 0.1) is 0 Å². The summed E-state index contributed by atoms with van der Waals surface area (Å²) >= 11 is 0. The van der Waals surface area contributed by atoms with E-state index >= 15 is 0 Å². The molecule has 198 valence electrons. The van der Waals surface area contributed by atoms with Gasteiger partial charge in [0.15, 0.2) is 5.60 Å². The van der Waals surface area contributed by atoms with Gasteiger partial charge in [-0.1, -0.05) is 144 Å². The zero-order valence-corrected chi connectivity index (χ0v) is 22.8. The van der Waals surface area contributed by atoms with Crippen molar-refractivity contribution in [3.8, 4) is 0 Å². The first-order valence-corrected chi connectivity index (χ1v) is 15.1. The summed E-state index contributed by atoms with van der Waals surface area (Å²) in [5, 5.41) is 0. The van der Waals surface area contributed by atoms with Gasteiger partial charge in [0.1, 0.15) is 0 Å². The minimum absolute atomic E-state index is 0.0410. The van der Waals surface area contributed by atoms with E-state index in [9.17, 15) is 13.2 Å². The molecule has 0 bridgehead atoms. The van der Waals surface area contributed by atoms with E-state index in [-0.39, 0.29) is 17.1 Å². The van der Waals surface area contributed by atoms with Gasteiger partial charge in [0.05, 0.1) is 4.90 Å². The third kappa shape index (κ3) is 8.37. The number of Topliss-reactive ketones (excluding diaryl/α,β-unsaturated/α-hetero) is 1. The lowest BCUT2D eigenvalue weighted by molar-refractivity contribution is 0.0409. The predicted molar refractivity (Wildman–Crippen MR) is 150 cm³/mol. The highest BCUT2D eigenvalue weighted by atomic mass is 32.2. The van der Waals surface area contributed by atoms with Crippen molar-refractivity contribution < 1.29 is 17.4 Å². The van der Waals surface area contributed by atoms with E-state index in [0.29, 0.717) is 17.5 Å². The van der Waals surface area contributed by atoms with Crippen molar-refractivity contribution in [1.82, 2.24) is 0 Å². The van der Waals surface area contributed by atoms with Crippen molar-refractivity contribution >= 4 is 15.9 Å². The number of carbonyl (C=O) groups is 1. The van der Waals surface area contributed by atoms with E-state index in [1.54, 1.807) is 54.6 Å². The van der Waals surface area contributed by atoms with Crippen LogP contribution in [-0.2, 0) is 19.9 Å². The fourth-order valence-electron chi connectivity index (χ4n) is 4.73. The van der Waals surface area contributed by atoms with Crippen molar-refractivity contribution in [2.24, 2.45) is 0 Å². The third-order valence-electron chi connectivity index (χ3n) is 6.81. The van der Waals surface area contributed by atoms with Crippen molar-refractivity contribution in [3.63, 3.8) is 0 Å². The normalized spacial score (nSPS) is 13.2. The van der Waals surface area contributed by atoms with Crippen LogP contribution < -0.4 is 0 Å². The Morgan fingerprint density at radius 2 is 1.11 bits per heavy atom. The molecule has 5 heteroatoms. The Labute approximate surface area is 223 Å². The minimum atomic E-state index is -4.20. The number of benzene rings is 3. The Bertz CT molecular complexity index is 1160. The SMILES string of the molecule is CCCCCCCCCCCCC(OS(=O)(=O)c1ccccc1)(C(=O)c1ccccc1)c1ccccc1. The van der Waals surface area contributed by atoms with Gasteiger partial charge in [-0.15, -0.1) is 0 Å². The number of carbonyl (C=O) groups excluding carboxylic acids is 1. The lowest BCUT2D eigenvalue weighted by Crippen LogP contribution is -2.41. The summed E-state index contributed by atoms with van der Waals surface area (Å²) in [7, 11) is -4.20. The van der Waals surface area contributed by atoms with Crippen LogP contribution in [0.15, 0.2) is 95.9 Å². The molecule has 0 aliphatic heterocycles. The fraction of sp³-hybridized carbons (Fsp3) is 0.406. The zero-order valence-electron chi connectivity index (χ0n) is 22.0. The van der Waals surface area contributed by atoms with Gasteiger partial charge in [-0.25, -0.2) is 4.18 Å². The second-order valence-corrected chi connectivity index (χ2v) is 11.2. The Morgan fingerprint density at radius 1 is 0.649 bits per heavy atom. The first-order chi connectivity index (χ1) is 18.0. The molecule has 3 aromatic carbocycles. The van der Waals surface area contributed by atoms with Gasteiger partial charge in [-0.05, 0) is 30.5 Å². The van der Waals surface area contributed by atoms with Gasteiger partial charge >= 0.3 is 0 Å². The second kappa shape index (κ2) is 14.8. The van der Waals surface area contributed by atoms with Crippen LogP contribution in [0.1, 0.15) is 93.5 Å². The van der Waals surface area contributed by atoms with E-state index in [1.807, 2.05) is 24.3 Å². The number of rotatable bonds is 17. The molecule has 0 aliphatic rings. The first kappa shape index (κ1) is 28.8. The second-order valence-electron chi connectivity index (χ2n) is 9.67. The maximum Gasteiger partial charge on any atom is 0.298 e. The Kier molecular flexibility index (Phi) is 11.6. The average molecular weight is 521 g/mol. The molecule has 0 spiro atoms. The summed E-state index contributed by atoms with van der Waals surface area (Å²) in [5.41, 5.74) is -0.654. The van der Waals surface area contributed by atoms with E-state index < -0.39 is 15.7 Å². The number of ketones is 1.